The van der Waals surface area contributed by atoms with Gasteiger partial charge in [0.25, 0.3) is 5.91 Å². The topological polar surface area (TPSA) is 62.3 Å². The number of pyridine rings is 1. The van der Waals surface area contributed by atoms with Crippen molar-refractivity contribution in [1.29, 1.82) is 0 Å². The first-order valence-electron chi connectivity index (χ1n) is 10.8. The number of carbonyl (C=O) groups excluding carboxylic acids is 2. The maximum Gasteiger partial charge on any atom is 0.272 e. The van der Waals surface area contributed by atoms with Crippen LogP contribution >= 0.6 is 0 Å². The van der Waals surface area contributed by atoms with Crippen LogP contribution in [0.2, 0.25) is 0 Å². The Morgan fingerprint density at radius 2 is 1.81 bits per heavy atom. The lowest BCUT2D eigenvalue weighted by atomic mass is 9.74. The maximum atomic E-state index is 14.1. The molecule has 6 heteroatoms. The lowest BCUT2D eigenvalue weighted by molar-refractivity contribution is -0.133. The quantitative estimate of drug-likeness (QED) is 0.662. The fourth-order valence-electron chi connectivity index (χ4n) is 4.52. The van der Waals surface area contributed by atoms with Crippen molar-refractivity contribution in [2.24, 2.45) is 5.41 Å². The van der Waals surface area contributed by atoms with Gasteiger partial charge in [-0.25, -0.2) is 4.39 Å². The SMILES string of the molecule is CNC(=O)[C@]1(Cc2ccc(-c3ccccc3F)cc2)CCCN(C(=O)c2ccccn2)C1. The molecule has 0 aliphatic carbocycles. The van der Waals surface area contributed by atoms with Crippen molar-refractivity contribution in [3.8, 4) is 11.1 Å². The van der Waals surface area contributed by atoms with E-state index < -0.39 is 5.41 Å². The summed E-state index contributed by atoms with van der Waals surface area (Å²) in [6.45, 7) is 0.928. The highest BCUT2D eigenvalue weighted by atomic mass is 19.1. The lowest BCUT2D eigenvalue weighted by Gasteiger charge is -2.41. The molecular formula is C26H26FN3O2. The first kappa shape index (κ1) is 21.7. The first-order chi connectivity index (χ1) is 15.5. The highest BCUT2D eigenvalue weighted by Gasteiger charge is 2.43. The smallest absolute Gasteiger partial charge is 0.272 e. The number of halogens is 1. The van der Waals surface area contributed by atoms with E-state index in [9.17, 15) is 14.0 Å². The summed E-state index contributed by atoms with van der Waals surface area (Å²) < 4.78 is 14.1. The predicted octanol–water partition coefficient (Wildman–Crippen LogP) is 4.10. The molecule has 1 fully saturated rings. The van der Waals surface area contributed by atoms with Gasteiger partial charge in [0.05, 0.1) is 5.41 Å². The normalized spacial score (nSPS) is 18.2. The number of piperidine rings is 1. The summed E-state index contributed by atoms with van der Waals surface area (Å²) in [7, 11) is 1.63. The number of hydrogen-bond acceptors (Lipinski definition) is 3. The number of aromatic nitrogens is 1. The molecule has 1 saturated heterocycles. The van der Waals surface area contributed by atoms with Gasteiger partial charge >= 0.3 is 0 Å². The van der Waals surface area contributed by atoms with Crippen LogP contribution in [-0.2, 0) is 11.2 Å². The molecule has 1 aliphatic rings. The third kappa shape index (κ3) is 4.40. The van der Waals surface area contributed by atoms with Crippen molar-refractivity contribution >= 4 is 11.8 Å². The Balaban J connectivity index is 1.57. The molecule has 32 heavy (non-hydrogen) atoms. The van der Waals surface area contributed by atoms with Crippen molar-refractivity contribution in [1.82, 2.24) is 15.2 Å². The maximum absolute atomic E-state index is 14.1. The number of rotatable bonds is 5. The molecule has 0 spiro atoms. The van der Waals surface area contributed by atoms with Crippen LogP contribution in [0, 0.1) is 11.2 Å². The Hall–Kier alpha value is -3.54. The van der Waals surface area contributed by atoms with E-state index in [1.807, 2.05) is 30.3 Å². The van der Waals surface area contributed by atoms with Gasteiger partial charge in [0, 0.05) is 31.9 Å². The fourth-order valence-corrected chi connectivity index (χ4v) is 4.52. The van der Waals surface area contributed by atoms with Gasteiger partial charge < -0.3 is 10.2 Å². The molecule has 5 nitrogen and oxygen atoms in total. The number of hydrogen-bond donors (Lipinski definition) is 1. The minimum absolute atomic E-state index is 0.0748. The van der Waals surface area contributed by atoms with Gasteiger partial charge in [-0.15, -0.1) is 0 Å². The second-order valence-electron chi connectivity index (χ2n) is 8.26. The van der Waals surface area contributed by atoms with E-state index in [0.717, 1.165) is 17.5 Å². The predicted molar refractivity (Wildman–Crippen MR) is 121 cm³/mol. The van der Waals surface area contributed by atoms with E-state index >= 15 is 0 Å². The molecule has 2 amide bonds. The summed E-state index contributed by atoms with van der Waals surface area (Å²) in [5.74, 6) is -0.499. The van der Waals surface area contributed by atoms with E-state index in [1.54, 1.807) is 48.5 Å². The molecule has 1 atom stereocenters. The average molecular weight is 432 g/mol. The number of nitrogens with zero attached hydrogens (tertiary/aromatic N) is 2. The molecule has 0 unspecified atom stereocenters. The molecule has 0 bridgehead atoms. The minimum Gasteiger partial charge on any atom is -0.359 e. The molecule has 1 aliphatic heterocycles. The Labute approximate surface area is 187 Å². The lowest BCUT2D eigenvalue weighted by Crippen LogP contribution is -2.54. The summed E-state index contributed by atoms with van der Waals surface area (Å²) in [4.78, 5) is 31.9. The highest BCUT2D eigenvalue weighted by Crippen LogP contribution is 2.35. The van der Waals surface area contributed by atoms with E-state index in [0.29, 0.717) is 37.2 Å². The van der Waals surface area contributed by atoms with Gasteiger partial charge in [-0.2, -0.15) is 0 Å². The molecule has 2 aromatic carbocycles. The number of amides is 2. The molecule has 1 aromatic heterocycles. The zero-order valence-corrected chi connectivity index (χ0v) is 18.1. The van der Waals surface area contributed by atoms with Crippen LogP contribution in [0.1, 0.15) is 28.9 Å². The Morgan fingerprint density at radius 1 is 1.06 bits per heavy atom. The molecule has 164 valence electrons. The molecule has 0 saturated carbocycles. The van der Waals surface area contributed by atoms with Gasteiger partial charge in [0.2, 0.25) is 5.91 Å². The standard InChI is InChI=1S/C26H26FN3O2/c1-28-25(32)26(14-6-16-30(18-26)24(31)23-9-4-5-15-29-23)17-19-10-12-20(13-11-19)21-7-2-3-8-22(21)27/h2-5,7-13,15H,6,14,16-18H2,1H3,(H,28,32)/t26-/m0/s1. The summed E-state index contributed by atoms with van der Waals surface area (Å²) in [5, 5.41) is 2.80. The Kier molecular flexibility index (Phi) is 6.30. The van der Waals surface area contributed by atoms with E-state index in [4.69, 9.17) is 0 Å². The van der Waals surface area contributed by atoms with Crippen LogP contribution in [0.15, 0.2) is 72.9 Å². The van der Waals surface area contributed by atoms with Crippen molar-refractivity contribution in [3.63, 3.8) is 0 Å². The molecule has 1 N–H and O–H groups in total. The number of nitrogens with one attached hydrogen (secondary N) is 1. The molecular weight excluding hydrogens is 405 g/mol. The van der Waals surface area contributed by atoms with Crippen LogP contribution in [0.25, 0.3) is 11.1 Å². The van der Waals surface area contributed by atoms with Crippen LogP contribution in [0.4, 0.5) is 4.39 Å². The van der Waals surface area contributed by atoms with Gasteiger partial charge in [-0.1, -0.05) is 48.5 Å². The summed E-state index contributed by atoms with van der Waals surface area (Å²) >= 11 is 0. The number of benzene rings is 2. The van der Waals surface area contributed by atoms with Crippen molar-refractivity contribution in [3.05, 3.63) is 90.0 Å². The van der Waals surface area contributed by atoms with Crippen LogP contribution in [0.5, 0.6) is 0 Å². The third-order valence-electron chi connectivity index (χ3n) is 6.14. The Bertz CT molecular complexity index is 1100. The molecule has 4 rings (SSSR count). The second-order valence-corrected chi connectivity index (χ2v) is 8.26. The van der Waals surface area contributed by atoms with Crippen LogP contribution in [0.3, 0.4) is 0 Å². The van der Waals surface area contributed by atoms with Crippen molar-refractivity contribution in [2.45, 2.75) is 19.3 Å². The summed E-state index contributed by atoms with van der Waals surface area (Å²) in [6.07, 6.45) is 3.52. The monoisotopic (exact) mass is 431 g/mol. The van der Waals surface area contributed by atoms with E-state index in [-0.39, 0.29) is 17.6 Å². The third-order valence-corrected chi connectivity index (χ3v) is 6.14. The van der Waals surface area contributed by atoms with Crippen molar-refractivity contribution < 1.29 is 14.0 Å². The summed E-state index contributed by atoms with van der Waals surface area (Å²) in [6, 6.07) is 19.6. The fraction of sp³-hybridized carbons (Fsp3) is 0.269. The average Bonchev–Trinajstić information content (AvgIpc) is 2.84. The van der Waals surface area contributed by atoms with Gasteiger partial charge in [-0.3, -0.25) is 14.6 Å². The zero-order chi connectivity index (χ0) is 22.6. The van der Waals surface area contributed by atoms with Gasteiger partial charge in [-0.05, 0) is 48.6 Å². The van der Waals surface area contributed by atoms with Crippen molar-refractivity contribution in [2.75, 3.05) is 20.1 Å². The second kappa shape index (κ2) is 9.30. The molecule has 3 aromatic rings. The Morgan fingerprint density at radius 3 is 2.50 bits per heavy atom. The molecule has 2 heterocycles. The van der Waals surface area contributed by atoms with Crippen LogP contribution in [-0.4, -0.2) is 41.8 Å². The summed E-state index contributed by atoms with van der Waals surface area (Å²) in [5.41, 5.74) is 1.97. The van der Waals surface area contributed by atoms with Gasteiger partial charge in [0.15, 0.2) is 0 Å². The van der Waals surface area contributed by atoms with Crippen LogP contribution < -0.4 is 5.32 Å². The largest absolute Gasteiger partial charge is 0.359 e. The minimum atomic E-state index is -0.725. The zero-order valence-electron chi connectivity index (χ0n) is 18.1. The van der Waals surface area contributed by atoms with Gasteiger partial charge in [0.1, 0.15) is 11.5 Å². The van der Waals surface area contributed by atoms with E-state index in [2.05, 4.69) is 10.3 Å². The first-order valence-corrected chi connectivity index (χ1v) is 10.8. The van der Waals surface area contributed by atoms with E-state index in [1.165, 1.54) is 6.07 Å². The highest BCUT2D eigenvalue weighted by molar-refractivity contribution is 5.93. The number of carbonyl (C=O) groups is 2. The number of likely N-dealkylation sites (tertiary alicyclic amines) is 1. The molecule has 0 radical (unpaired) electrons.